The van der Waals surface area contributed by atoms with Crippen molar-refractivity contribution in [2.24, 2.45) is 5.92 Å². The van der Waals surface area contributed by atoms with E-state index in [9.17, 15) is 9.59 Å². The van der Waals surface area contributed by atoms with Gasteiger partial charge in [0, 0.05) is 57.2 Å². The number of aromatic nitrogens is 2. The first-order chi connectivity index (χ1) is 16.5. The van der Waals surface area contributed by atoms with Crippen LogP contribution in [0.5, 0.6) is 0 Å². The summed E-state index contributed by atoms with van der Waals surface area (Å²) in [6.45, 7) is 9.19. The fraction of sp³-hybridized carbons (Fsp3) is 0.481. The van der Waals surface area contributed by atoms with E-state index in [1.54, 1.807) is 0 Å². The lowest BCUT2D eigenvalue weighted by molar-refractivity contribution is -0.115. The third kappa shape index (κ3) is 4.81. The Kier molecular flexibility index (Phi) is 6.57. The lowest BCUT2D eigenvalue weighted by Crippen LogP contribution is -2.51. The number of carbonyl (C=O) groups is 2. The molecule has 7 nitrogen and oxygen atoms in total. The van der Waals surface area contributed by atoms with Gasteiger partial charge in [0.15, 0.2) is 11.6 Å². The van der Waals surface area contributed by atoms with Gasteiger partial charge < -0.3 is 9.64 Å². The Hall–Kier alpha value is -2.90. The molecule has 1 atom stereocenters. The third-order valence-corrected chi connectivity index (χ3v) is 7.12. The van der Waals surface area contributed by atoms with E-state index >= 15 is 0 Å². The number of piperazine rings is 1. The number of carbonyl (C=O) groups excluding carboxylic acids is 2. The number of fused-ring (bicyclic) bond motifs is 1. The Morgan fingerprint density at radius 2 is 2.03 bits per heavy atom. The second kappa shape index (κ2) is 9.76. The van der Waals surface area contributed by atoms with Crippen LogP contribution in [0.3, 0.4) is 0 Å². The number of ketones is 2. The SMILES string of the molecule is CCC1=Cc2ncc(CN3CCN(c4ccc(C(=O)CC5COC5)nc4)[C@H](C)C3)cc2CC1=O. The molecule has 2 aromatic heterocycles. The molecule has 2 aliphatic heterocycles. The minimum atomic E-state index is 0.0967. The summed E-state index contributed by atoms with van der Waals surface area (Å²) in [5, 5.41) is 0. The zero-order valence-electron chi connectivity index (χ0n) is 20.0. The molecule has 0 radical (unpaired) electrons. The fourth-order valence-corrected chi connectivity index (χ4v) is 5.07. The van der Waals surface area contributed by atoms with Gasteiger partial charge in [-0.25, -0.2) is 0 Å². The van der Waals surface area contributed by atoms with Gasteiger partial charge in [-0.15, -0.1) is 0 Å². The first-order valence-electron chi connectivity index (χ1n) is 12.3. The summed E-state index contributed by atoms with van der Waals surface area (Å²) in [4.78, 5) is 38.6. The molecule has 0 bridgehead atoms. The highest BCUT2D eigenvalue weighted by Crippen LogP contribution is 2.25. The summed E-state index contributed by atoms with van der Waals surface area (Å²) in [6.07, 6.45) is 7.46. The Balaban J connectivity index is 1.18. The maximum atomic E-state index is 12.4. The van der Waals surface area contributed by atoms with Crippen molar-refractivity contribution in [1.29, 1.82) is 0 Å². The maximum absolute atomic E-state index is 12.4. The summed E-state index contributed by atoms with van der Waals surface area (Å²) in [6, 6.07) is 6.35. The molecule has 2 fully saturated rings. The van der Waals surface area contributed by atoms with Crippen LogP contribution in [-0.2, 0) is 22.5 Å². The molecule has 178 valence electrons. The molecule has 0 saturated carbocycles. The van der Waals surface area contributed by atoms with E-state index in [4.69, 9.17) is 4.74 Å². The summed E-state index contributed by atoms with van der Waals surface area (Å²) in [5.41, 5.74) is 5.61. The van der Waals surface area contributed by atoms with Crippen molar-refractivity contribution in [2.75, 3.05) is 37.7 Å². The molecule has 3 aliphatic rings. The molecule has 2 aromatic rings. The zero-order chi connectivity index (χ0) is 23.7. The van der Waals surface area contributed by atoms with Crippen LogP contribution in [0.1, 0.15) is 54.0 Å². The number of pyridine rings is 2. The molecule has 7 heteroatoms. The van der Waals surface area contributed by atoms with Crippen LogP contribution in [0.25, 0.3) is 6.08 Å². The van der Waals surface area contributed by atoms with Gasteiger partial charge in [-0.2, -0.15) is 0 Å². The van der Waals surface area contributed by atoms with Crippen LogP contribution in [0.15, 0.2) is 36.2 Å². The van der Waals surface area contributed by atoms with E-state index in [-0.39, 0.29) is 11.6 Å². The van der Waals surface area contributed by atoms with Gasteiger partial charge in [-0.3, -0.25) is 24.5 Å². The summed E-state index contributed by atoms with van der Waals surface area (Å²) >= 11 is 0. The van der Waals surface area contributed by atoms with Gasteiger partial charge in [-0.05, 0) is 48.3 Å². The second-order valence-electron chi connectivity index (χ2n) is 9.72. The Bertz CT molecular complexity index is 1110. The monoisotopic (exact) mass is 460 g/mol. The molecule has 0 amide bonds. The second-order valence-corrected chi connectivity index (χ2v) is 9.72. The van der Waals surface area contributed by atoms with Gasteiger partial charge >= 0.3 is 0 Å². The highest BCUT2D eigenvalue weighted by Gasteiger charge is 2.26. The summed E-state index contributed by atoms with van der Waals surface area (Å²) in [7, 11) is 0. The average molecular weight is 461 g/mol. The Morgan fingerprint density at radius 1 is 1.18 bits per heavy atom. The standard InChI is InChI=1S/C27H32N4O3/c1-3-21-10-25-22(11-26(21)32)8-19(12-28-25)15-30-6-7-31(18(2)14-30)23-4-5-24(29-13-23)27(33)9-20-16-34-17-20/h4-5,8,10,12-13,18,20H,3,6-7,9,11,14-17H2,1-2H3/t18-/m1/s1. The Morgan fingerprint density at radius 3 is 2.71 bits per heavy atom. The number of nitrogens with zero attached hydrogens (tertiary/aromatic N) is 4. The average Bonchev–Trinajstić information content (AvgIpc) is 2.81. The van der Waals surface area contributed by atoms with E-state index in [1.807, 2.05) is 37.5 Å². The van der Waals surface area contributed by atoms with Gasteiger partial charge in [0.25, 0.3) is 0 Å². The zero-order valence-corrected chi connectivity index (χ0v) is 20.0. The number of Topliss-reactive ketones (excluding diaryl/α,β-unsaturated/α-hetero) is 2. The predicted molar refractivity (Wildman–Crippen MR) is 131 cm³/mol. The summed E-state index contributed by atoms with van der Waals surface area (Å²) in [5.74, 6) is 0.659. The molecule has 0 N–H and O–H groups in total. The van der Waals surface area contributed by atoms with E-state index in [1.165, 1.54) is 0 Å². The quantitative estimate of drug-likeness (QED) is 0.587. The molecule has 2 saturated heterocycles. The number of hydrogen-bond donors (Lipinski definition) is 0. The largest absolute Gasteiger partial charge is 0.381 e. The van der Waals surface area contributed by atoms with Crippen LogP contribution in [0.4, 0.5) is 5.69 Å². The molecular formula is C27H32N4O3. The molecule has 5 rings (SSSR count). The molecule has 34 heavy (non-hydrogen) atoms. The lowest BCUT2D eigenvalue weighted by atomic mass is 9.92. The number of allylic oxidation sites excluding steroid dienone is 1. The van der Waals surface area contributed by atoms with Crippen molar-refractivity contribution >= 4 is 23.3 Å². The molecule has 0 spiro atoms. The lowest BCUT2D eigenvalue weighted by Gasteiger charge is -2.41. The van der Waals surface area contributed by atoms with E-state index < -0.39 is 0 Å². The minimum Gasteiger partial charge on any atom is -0.381 e. The minimum absolute atomic E-state index is 0.0967. The highest BCUT2D eigenvalue weighted by molar-refractivity contribution is 6.03. The van der Waals surface area contributed by atoms with Crippen LogP contribution < -0.4 is 4.90 Å². The molecule has 0 unspecified atom stereocenters. The predicted octanol–water partition coefficient (Wildman–Crippen LogP) is 3.33. The number of anilines is 1. The van der Waals surface area contributed by atoms with Crippen molar-refractivity contribution in [2.45, 2.75) is 45.7 Å². The topological polar surface area (TPSA) is 75.6 Å². The molecular weight excluding hydrogens is 428 g/mol. The first kappa shape index (κ1) is 22.9. The smallest absolute Gasteiger partial charge is 0.181 e. The van der Waals surface area contributed by atoms with Crippen molar-refractivity contribution < 1.29 is 14.3 Å². The van der Waals surface area contributed by atoms with Crippen LogP contribution in [-0.4, -0.2) is 65.3 Å². The fourth-order valence-electron chi connectivity index (χ4n) is 5.07. The summed E-state index contributed by atoms with van der Waals surface area (Å²) < 4.78 is 5.16. The van der Waals surface area contributed by atoms with Crippen molar-refractivity contribution in [1.82, 2.24) is 14.9 Å². The van der Waals surface area contributed by atoms with Crippen molar-refractivity contribution in [3.05, 3.63) is 58.7 Å². The van der Waals surface area contributed by atoms with Gasteiger partial charge in [0.2, 0.25) is 0 Å². The van der Waals surface area contributed by atoms with Gasteiger partial charge in [0.1, 0.15) is 5.69 Å². The third-order valence-electron chi connectivity index (χ3n) is 7.12. The van der Waals surface area contributed by atoms with Gasteiger partial charge in [0.05, 0.1) is 30.8 Å². The van der Waals surface area contributed by atoms with Crippen LogP contribution >= 0.6 is 0 Å². The normalized spacial score (nSPS) is 21.1. The maximum Gasteiger partial charge on any atom is 0.181 e. The Labute approximate surface area is 200 Å². The van der Waals surface area contributed by atoms with Crippen molar-refractivity contribution in [3.8, 4) is 0 Å². The number of rotatable bonds is 7. The number of ether oxygens (including phenoxy) is 1. The first-order valence-corrected chi connectivity index (χ1v) is 12.3. The molecule has 4 heterocycles. The number of hydrogen-bond acceptors (Lipinski definition) is 7. The van der Waals surface area contributed by atoms with E-state index in [0.717, 1.165) is 60.7 Å². The highest BCUT2D eigenvalue weighted by atomic mass is 16.5. The van der Waals surface area contributed by atoms with Crippen LogP contribution in [0.2, 0.25) is 0 Å². The molecule has 0 aromatic carbocycles. The van der Waals surface area contributed by atoms with Gasteiger partial charge in [-0.1, -0.05) is 13.0 Å². The van der Waals surface area contributed by atoms with E-state index in [0.29, 0.717) is 43.7 Å². The molecule has 1 aliphatic carbocycles. The van der Waals surface area contributed by atoms with E-state index in [2.05, 4.69) is 32.8 Å². The van der Waals surface area contributed by atoms with Crippen LogP contribution in [0, 0.1) is 5.92 Å². The van der Waals surface area contributed by atoms with Crippen molar-refractivity contribution in [3.63, 3.8) is 0 Å².